The van der Waals surface area contributed by atoms with E-state index in [1.54, 1.807) is 0 Å². The number of ether oxygens (including phenoxy) is 2. The van der Waals surface area contributed by atoms with Gasteiger partial charge in [-0.15, -0.1) is 0 Å². The zero-order valence-corrected chi connectivity index (χ0v) is 27.1. The Morgan fingerprint density at radius 2 is 1.83 bits per heavy atom. The van der Waals surface area contributed by atoms with E-state index < -0.39 is 11.9 Å². The lowest BCUT2D eigenvalue weighted by atomic mass is 9.84. The average molecular weight is 625 g/mol. The van der Waals surface area contributed by atoms with E-state index in [1.165, 1.54) is 14.2 Å². The van der Waals surface area contributed by atoms with Crippen LogP contribution in [0.25, 0.3) is 17.7 Å². The molecular weight excluding hydrogens is 584 g/mol. The Balaban J connectivity index is 1.69. The predicted octanol–water partition coefficient (Wildman–Crippen LogP) is 3.09. The quantitative estimate of drug-likeness (QED) is 0.209. The van der Waals surface area contributed by atoms with Crippen molar-refractivity contribution in [2.45, 2.75) is 53.0 Å². The number of carbonyl (C=O) groups excluding carboxylic acids is 4. The third-order valence-corrected chi connectivity index (χ3v) is 10.2. The molecule has 0 radical (unpaired) electrons. The minimum Gasteiger partial charge on any atom is -0.469 e. The fraction of sp³-hybridized carbons (Fsp3) is 0.389. The van der Waals surface area contributed by atoms with Gasteiger partial charge in [0.05, 0.1) is 31.3 Å². The van der Waals surface area contributed by atoms with Crippen LogP contribution in [-0.4, -0.2) is 54.2 Å². The summed E-state index contributed by atoms with van der Waals surface area (Å²) in [4.78, 5) is 59.1. The maximum absolute atomic E-state index is 14.1. The second-order valence-corrected chi connectivity index (χ2v) is 12.5. The number of methoxy groups -OCH3 is 2. The fourth-order valence-electron chi connectivity index (χ4n) is 7.64. The zero-order chi connectivity index (χ0) is 33.0. The predicted molar refractivity (Wildman–Crippen MR) is 174 cm³/mol. The van der Waals surface area contributed by atoms with Gasteiger partial charge in [0.1, 0.15) is 5.92 Å². The smallest absolute Gasteiger partial charge is 0.321 e. The maximum Gasteiger partial charge on any atom is 0.321 e. The van der Waals surface area contributed by atoms with Crippen molar-refractivity contribution in [3.63, 3.8) is 0 Å². The summed E-state index contributed by atoms with van der Waals surface area (Å²) in [7, 11) is 2.65. The minimum atomic E-state index is -1.16. The van der Waals surface area contributed by atoms with E-state index in [0.29, 0.717) is 51.8 Å². The molecule has 3 aliphatic heterocycles. The van der Waals surface area contributed by atoms with Crippen LogP contribution in [0.1, 0.15) is 76.8 Å². The highest BCUT2D eigenvalue weighted by Crippen LogP contribution is 2.48. The molecule has 0 saturated carbocycles. The molecule has 1 saturated heterocycles. The van der Waals surface area contributed by atoms with Gasteiger partial charge in [-0.2, -0.15) is 0 Å². The normalized spacial score (nSPS) is 28.7. The van der Waals surface area contributed by atoms with E-state index in [9.17, 15) is 19.2 Å². The van der Waals surface area contributed by atoms with Crippen molar-refractivity contribution >= 4 is 41.7 Å². The molecule has 10 heteroatoms. The van der Waals surface area contributed by atoms with E-state index in [2.05, 4.69) is 47.1 Å². The van der Waals surface area contributed by atoms with Crippen LogP contribution in [0.4, 0.5) is 0 Å². The van der Waals surface area contributed by atoms with Crippen LogP contribution >= 0.6 is 0 Å². The molecule has 4 N–H and O–H groups in total. The SMILES string of the molecule is C=CC1=C2/C=c3\[nH]/c(c(CC)c3C=O)=C\c3[nH]c4c(c3C)C(=O)[C@H](C(=O)OC)/C4=C3/N/C(=C\C(N2)C1C)[C@@H](C)[C@@H]3CCC(=O)OC. The van der Waals surface area contributed by atoms with Crippen molar-refractivity contribution < 1.29 is 28.7 Å². The first kappa shape index (κ1) is 31.1. The molecule has 2 unspecified atom stereocenters. The number of rotatable bonds is 7. The van der Waals surface area contributed by atoms with Crippen molar-refractivity contribution in [1.82, 2.24) is 20.6 Å². The van der Waals surface area contributed by atoms with Gasteiger partial charge in [0, 0.05) is 69.0 Å². The van der Waals surface area contributed by atoms with Crippen LogP contribution in [0.5, 0.6) is 0 Å². The number of aromatic amines is 2. The lowest BCUT2D eigenvalue weighted by Gasteiger charge is -2.19. The molecule has 2 aromatic heterocycles. The van der Waals surface area contributed by atoms with Crippen molar-refractivity contribution in [2.75, 3.05) is 14.2 Å². The molecule has 1 fully saturated rings. The summed E-state index contributed by atoms with van der Waals surface area (Å²) in [6.07, 6.45) is 10.0. The maximum atomic E-state index is 14.1. The Labute approximate surface area is 267 Å². The number of aldehydes is 1. The number of fused-ring (bicyclic) bond motifs is 7. The Bertz CT molecular complexity index is 1920. The number of aromatic nitrogens is 2. The molecular formula is C36H40N4O6. The third-order valence-electron chi connectivity index (χ3n) is 10.2. The average Bonchev–Trinajstić information content (AvgIpc) is 3.79. The van der Waals surface area contributed by atoms with E-state index in [-0.39, 0.29) is 42.0 Å². The van der Waals surface area contributed by atoms with Gasteiger partial charge < -0.3 is 30.1 Å². The van der Waals surface area contributed by atoms with Crippen molar-refractivity contribution in [1.29, 1.82) is 0 Å². The molecule has 240 valence electrons. The van der Waals surface area contributed by atoms with Gasteiger partial charge in [0.15, 0.2) is 12.1 Å². The number of Topliss-reactive ketones (excluding diaryl/α,β-unsaturated/α-hetero) is 1. The van der Waals surface area contributed by atoms with Crippen LogP contribution in [0, 0.1) is 30.6 Å². The van der Waals surface area contributed by atoms with Gasteiger partial charge in [-0.25, -0.2) is 0 Å². The van der Waals surface area contributed by atoms with Gasteiger partial charge in [-0.1, -0.05) is 33.4 Å². The van der Waals surface area contributed by atoms with Crippen molar-refractivity contribution in [2.24, 2.45) is 23.7 Å². The Morgan fingerprint density at radius 1 is 1.07 bits per heavy atom. The highest BCUT2D eigenvalue weighted by molar-refractivity contribution is 6.24. The van der Waals surface area contributed by atoms with Crippen LogP contribution < -0.4 is 21.3 Å². The van der Waals surface area contributed by atoms with Crippen LogP contribution in [0.3, 0.4) is 0 Å². The molecule has 46 heavy (non-hydrogen) atoms. The van der Waals surface area contributed by atoms with Gasteiger partial charge in [-0.05, 0) is 54.7 Å². The van der Waals surface area contributed by atoms with E-state index in [0.717, 1.165) is 39.9 Å². The van der Waals surface area contributed by atoms with Gasteiger partial charge in [0.2, 0.25) is 0 Å². The summed E-state index contributed by atoms with van der Waals surface area (Å²) >= 11 is 0. The number of nitrogens with one attached hydrogen (secondary N) is 4. The van der Waals surface area contributed by atoms with E-state index in [4.69, 9.17) is 9.47 Å². The minimum absolute atomic E-state index is 0.0492. The summed E-state index contributed by atoms with van der Waals surface area (Å²) in [6.45, 7) is 12.1. The summed E-state index contributed by atoms with van der Waals surface area (Å²) in [5, 5.41) is 8.71. The number of allylic oxidation sites excluding steroid dienone is 4. The molecule has 0 aromatic carbocycles. The molecule has 0 spiro atoms. The van der Waals surface area contributed by atoms with Crippen LogP contribution in [0.2, 0.25) is 0 Å². The topological polar surface area (TPSA) is 142 Å². The third kappa shape index (κ3) is 4.69. The van der Waals surface area contributed by atoms with E-state index >= 15 is 0 Å². The number of H-pyrrole nitrogens is 2. The Hall–Kier alpha value is -4.86. The molecule has 5 atom stereocenters. The standard InChI is InChI=1S/C36H40N4O6/c1-8-19-16(3)23-12-24-17(4)21(10-11-29(42)45-6)33(39-24)31-32(36(44)46-7)35(43)30-18(5)25(40-34(30)31)13-27-20(9-2)22(15-41)28(38-27)14-26(19)37-23/h8,12-17,21,23,32,37-40H,1,9-11H2,2-7H3/b24-12-,27-13-,28-14-,33-31-/t16?,17-,21-,23?,32+/m0/s1. The Kier molecular flexibility index (Phi) is 8.00. The first-order valence-corrected chi connectivity index (χ1v) is 15.7. The number of carbonyl (C=O) groups is 4. The Morgan fingerprint density at radius 3 is 2.48 bits per heavy atom. The zero-order valence-electron chi connectivity index (χ0n) is 27.1. The lowest BCUT2D eigenvalue weighted by molar-refractivity contribution is -0.142. The number of hydrogen-bond acceptors (Lipinski definition) is 8. The van der Waals surface area contributed by atoms with Gasteiger partial charge in [-0.3, -0.25) is 19.2 Å². The lowest BCUT2D eigenvalue weighted by Crippen LogP contribution is -2.28. The fourth-order valence-corrected chi connectivity index (χ4v) is 7.64. The molecule has 2 aromatic rings. The number of hydrogen-bond donors (Lipinski definition) is 4. The molecule has 5 heterocycles. The molecule has 6 rings (SSSR count). The van der Waals surface area contributed by atoms with Crippen LogP contribution in [-0.2, 0) is 25.5 Å². The second kappa shape index (κ2) is 11.8. The molecule has 4 aliphatic rings. The monoisotopic (exact) mass is 624 g/mol. The molecule has 1 aliphatic carbocycles. The summed E-state index contributed by atoms with van der Waals surface area (Å²) in [6, 6.07) is -0.120. The number of ketones is 1. The van der Waals surface area contributed by atoms with Crippen molar-refractivity contribution in [3.05, 3.63) is 85.7 Å². The summed E-state index contributed by atoms with van der Waals surface area (Å²) in [5.74, 6) is -2.69. The first-order valence-electron chi connectivity index (χ1n) is 15.7. The summed E-state index contributed by atoms with van der Waals surface area (Å²) < 4.78 is 10.1. The molecule has 0 amide bonds. The van der Waals surface area contributed by atoms with Crippen LogP contribution in [0.15, 0.2) is 41.4 Å². The highest BCUT2D eigenvalue weighted by Gasteiger charge is 2.48. The second-order valence-electron chi connectivity index (χ2n) is 12.5. The number of esters is 2. The largest absolute Gasteiger partial charge is 0.469 e. The van der Waals surface area contributed by atoms with E-state index in [1.807, 2.05) is 32.1 Å². The van der Waals surface area contributed by atoms with Gasteiger partial charge in [0.25, 0.3) is 0 Å². The molecule has 10 nitrogen and oxygen atoms in total. The van der Waals surface area contributed by atoms with Gasteiger partial charge >= 0.3 is 11.9 Å². The summed E-state index contributed by atoms with van der Waals surface area (Å²) in [5.41, 5.74) is 7.90. The molecule has 8 bridgehead atoms. The van der Waals surface area contributed by atoms with Crippen molar-refractivity contribution in [3.8, 4) is 0 Å². The highest BCUT2D eigenvalue weighted by atomic mass is 16.5. The first-order chi connectivity index (χ1) is 22.1.